The predicted molar refractivity (Wildman–Crippen MR) is 75.8 cm³/mol. The monoisotopic (exact) mass is 228 g/mol. The summed E-state index contributed by atoms with van der Waals surface area (Å²) in [5, 5.41) is 0.793. The molecule has 0 fully saturated rings. The van der Waals surface area contributed by atoms with Crippen molar-refractivity contribution < 1.29 is 0 Å². The summed E-state index contributed by atoms with van der Waals surface area (Å²) in [4.78, 5) is 0. The van der Waals surface area contributed by atoms with Crippen LogP contribution in [0.15, 0.2) is 0 Å². The van der Waals surface area contributed by atoms with Crippen LogP contribution in [0.2, 0.25) is 5.04 Å². The molecule has 0 amide bonds. The highest BCUT2D eigenvalue weighted by atomic mass is 28.1. The fourth-order valence-electron chi connectivity index (χ4n) is 2.38. The molecule has 0 heterocycles. The van der Waals surface area contributed by atoms with Crippen LogP contribution in [0.3, 0.4) is 0 Å². The molecule has 0 radical (unpaired) electrons. The Balaban J connectivity index is 3.89. The van der Waals surface area contributed by atoms with Crippen molar-refractivity contribution >= 4 is 10.2 Å². The van der Waals surface area contributed by atoms with E-state index in [9.17, 15) is 0 Å². The molecule has 0 saturated heterocycles. The summed E-state index contributed by atoms with van der Waals surface area (Å²) in [5.74, 6) is 0. The minimum atomic E-state index is 0.793. The second-order valence-corrected chi connectivity index (χ2v) is 7.60. The zero-order valence-corrected chi connectivity index (χ0v) is 13.6. The van der Waals surface area contributed by atoms with Crippen LogP contribution in [0.25, 0.3) is 0 Å². The molecule has 0 unspecified atom stereocenters. The maximum absolute atomic E-state index is 2.33. The summed E-state index contributed by atoms with van der Waals surface area (Å²) >= 11 is 0. The van der Waals surface area contributed by atoms with Crippen LogP contribution in [-0.2, 0) is 0 Å². The average Bonchev–Trinajstić information content (AvgIpc) is 2.24. The van der Waals surface area contributed by atoms with Gasteiger partial charge in [0.1, 0.15) is 0 Å². The zero-order chi connectivity index (χ0) is 11.6. The first kappa shape index (κ1) is 15.2. The van der Waals surface area contributed by atoms with E-state index in [0.29, 0.717) is 0 Å². The van der Waals surface area contributed by atoms with Crippen LogP contribution < -0.4 is 0 Å². The summed E-state index contributed by atoms with van der Waals surface area (Å²) in [7, 11) is 1.41. The van der Waals surface area contributed by atoms with Gasteiger partial charge in [-0.2, -0.15) is 0 Å². The van der Waals surface area contributed by atoms with E-state index in [2.05, 4.69) is 20.8 Å². The van der Waals surface area contributed by atoms with Gasteiger partial charge >= 0.3 is 0 Å². The molecule has 92 valence electrons. The van der Waals surface area contributed by atoms with Crippen LogP contribution in [0.4, 0.5) is 0 Å². The van der Waals surface area contributed by atoms with E-state index in [4.69, 9.17) is 0 Å². The normalized spacial score (nSPS) is 12.2. The van der Waals surface area contributed by atoms with Gasteiger partial charge in [-0.1, -0.05) is 85.0 Å². The molecule has 0 nitrogen and oxygen atoms in total. The first-order valence-corrected chi connectivity index (χ1v) is 8.18. The Labute approximate surface area is 101 Å². The van der Waals surface area contributed by atoms with Gasteiger partial charge in [-0.15, -0.1) is 0 Å². The molecule has 1 heteroatoms. The largest absolute Gasteiger partial charge is 0.0654 e. The molecular formula is C14H32Si. The Morgan fingerprint density at radius 3 is 1.47 bits per heavy atom. The van der Waals surface area contributed by atoms with E-state index in [1.807, 2.05) is 0 Å². The lowest BCUT2D eigenvalue weighted by Crippen LogP contribution is -2.13. The third-order valence-electron chi connectivity index (χ3n) is 3.65. The molecule has 0 aliphatic rings. The second-order valence-electron chi connectivity index (χ2n) is 5.47. The van der Waals surface area contributed by atoms with Crippen molar-refractivity contribution in [3.05, 3.63) is 0 Å². The van der Waals surface area contributed by atoms with Crippen molar-refractivity contribution in [2.75, 3.05) is 0 Å². The van der Waals surface area contributed by atoms with Crippen LogP contribution in [-0.4, -0.2) is 10.2 Å². The van der Waals surface area contributed by atoms with Crippen molar-refractivity contribution in [2.45, 2.75) is 90.0 Å². The van der Waals surface area contributed by atoms with Crippen LogP contribution >= 0.6 is 0 Å². The van der Waals surface area contributed by atoms with Gasteiger partial charge in [0.25, 0.3) is 0 Å². The molecule has 0 saturated carbocycles. The second kappa shape index (κ2) is 9.44. The fraction of sp³-hybridized carbons (Fsp3) is 1.00. The quantitative estimate of drug-likeness (QED) is 0.382. The highest BCUT2D eigenvalue weighted by molar-refractivity contribution is 6.15. The van der Waals surface area contributed by atoms with Crippen LogP contribution in [0.5, 0.6) is 0 Å². The molecular weight excluding hydrogens is 196 g/mol. The lowest BCUT2D eigenvalue weighted by molar-refractivity contribution is 0.400. The van der Waals surface area contributed by atoms with Crippen molar-refractivity contribution in [1.82, 2.24) is 0 Å². The van der Waals surface area contributed by atoms with Gasteiger partial charge in [0.15, 0.2) is 0 Å². The van der Waals surface area contributed by atoms with Gasteiger partial charge in [0.05, 0.1) is 0 Å². The molecule has 0 aliphatic carbocycles. The van der Waals surface area contributed by atoms with Crippen molar-refractivity contribution in [3.8, 4) is 0 Å². The Morgan fingerprint density at radius 2 is 1.07 bits per heavy atom. The van der Waals surface area contributed by atoms with Crippen molar-refractivity contribution in [2.24, 2.45) is 0 Å². The van der Waals surface area contributed by atoms with E-state index >= 15 is 0 Å². The smallest absolute Gasteiger partial charge is 0.0106 e. The standard InChI is InChI=1S/C14H32Si/c1-4-7-10-13-14(15,11-8-5-2)12-9-6-3/h4-13H2,1-3,15H3. The molecule has 15 heavy (non-hydrogen) atoms. The minimum absolute atomic E-state index is 0.793. The summed E-state index contributed by atoms with van der Waals surface area (Å²) in [6.45, 7) is 6.97. The van der Waals surface area contributed by atoms with E-state index in [-0.39, 0.29) is 0 Å². The molecule has 0 bridgehead atoms. The van der Waals surface area contributed by atoms with E-state index in [0.717, 1.165) is 5.04 Å². The average molecular weight is 228 g/mol. The number of rotatable bonds is 10. The molecule has 0 atom stereocenters. The van der Waals surface area contributed by atoms with E-state index in [1.54, 1.807) is 0 Å². The molecule has 0 aromatic heterocycles. The Morgan fingerprint density at radius 1 is 0.667 bits per heavy atom. The first-order valence-electron chi connectivity index (χ1n) is 7.18. The molecule has 0 aromatic rings. The van der Waals surface area contributed by atoms with Gasteiger partial charge in [-0.05, 0) is 5.04 Å². The summed E-state index contributed by atoms with van der Waals surface area (Å²) in [6.07, 6.45) is 14.5. The first-order chi connectivity index (χ1) is 7.18. The Bertz CT molecular complexity index is 123. The molecule has 0 N–H and O–H groups in total. The van der Waals surface area contributed by atoms with Crippen molar-refractivity contribution in [3.63, 3.8) is 0 Å². The topological polar surface area (TPSA) is 0 Å². The van der Waals surface area contributed by atoms with Crippen LogP contribution in [0, 0.1) is 0 Å². The highest BCUT2D eigenvalue weighted by Gasteiger charge is 2.21. The zero-order valence-electron chi connectivity index (χ0n) is 11.6. The molecule has 0 aromatic carbocycles. The number of hydrogen-bond donors (Lipinski definition) is 0. The van der Waals surface area contributed by atoms with Gasteiger partial charge in [-0.25, -0.2) is 0 Å². The maximum atomic E-state index is 2.33. The van der Waals surface area contributed by atoms with Crippen molar-refractivity contribution in [1.29, 1.82) is 0 Å². The maximum Gasteiger partial charge on any atom is 0.0106 e. The van der Waals surface area contributed by atoms with E-state index < -0.39 is 0 Å². The lowest BCUT2D eigenvalue weighted by Gasteiger charge is -2.30. The number of hydrogen-bond acceptors (Lipinski definition) is 0. The SMILES string of the molecule is CCCCCC([SiH3])(CCCC)CCCC. The van der Waals surface area contributed by atoms with Crippen LogP contribution in [0.1, 0.15) is 85.0 Å². The fourth-order valence-corrected chi connectivity index (χ4v) is 3.44. The Kier molecular flexibility index (Phi) is 9.58. The highest BCUT2D eigenvalue weighted by Crippen LogP contribution is 2.40. The van der Waals surface area contributed by atoms with Gasteiger partial charge < -0.3 is 0 Å². The van der Waals surface area contributed by atoms with Gasteiger partial charge in [0, 0.05) is 10.2 Å². The van der Waals surface area contributed by atoms with Gasteiger partial charge in [-0.3, -0.25) is 0 Å². The van der Waals surface area contributed by atoms with Gasteiger partial charge in [0.2, 0.25) is 0 Å². The predicted octanol–water partition coefficient (Wildman–Crippen LogP) is 4.47. The Hall–Kier alpha value is 0.217. The third kappa shape index (κ3) is 8.07. The lowest BCUT2D eigenvalue weighted by atomic mass is 9.89. The summed E-state index contributed by atoms with van der Waals surface area (Å²) in [6, 6.07) is 0. The third-order valence-corrected chi connectivity index (χ3v) is 5.15. The molecule has 0 aliphatic heterocycles. The minimum Gasteiger partial charge on any atom is -0.0654 e. The van der Waals surface area contributed by atoms with E-state index in [1.165, 1.54) is 74.5 Å². The molecule has 0 rings (SSSR count). The molecule has 0 spiro atoms. The number of unbranched alkanes of at least 4 members (excludes halogenated alkanes) is 4. The summed E-state index contributed by atoms with van der Waals surface area (Å²) < 4.78 is 0. The summed E-state index contributed by atoms with van der Waals surface area (Å²) in [5.41, 5.74) is 0.